The third-order valence-corrected chi connectivity index (χ3v) is 2.41. The van der Waals surface area contributed by atoms with Gasteiger partial charge in [-0.15, -0.1) is 0 Å². The molecule has 0 saturated carbocycles. The molecule has 0 amide bonds. The van der Waals surface area contributed by atoms with Crippen LogP contribution in [0, 0.1) is 0 Å². The lowest BCUT2D eigenvalue weighted by molar-refractivity contribution is -0.130. The number of rotatable bonds is 7. The van der Waals surface area contributed by atoms with Gasteiger partial charge in [-0.25, -0.2) is 4.79 Å². The van der Waals surface area contributed by atoms with E-state index in [-0.39, 0.29) is 0 Å². The van der Waals surface area contributed by atoms with E-state index >= 15 is 0 Å². The molecule has 0 saturated heterocycles. The van der Waals surface area contributed by atoms with Gasteiger partial charge in [0.2, 0.25) is 0 Å². The van der Waals surface area contributed by atoms with Gasteiger partial charge in [-0.1, -0.05) is 38.5 Å². The molecule has 0 aliphatic heterocycles. The molecule has 0 heterocycles. The summed E-state index contributed by atoms with van der Waals surface area (Å²) in [6.45, 7) is 7.95. The summed E-state index contributed by atoms with van der Waals surface area (Å²) < 4.78 is 10.8. The topological polar surface area (TPSA) is 35.5 Å². The molecule has 0 unspecified atom stereocenters. The van der Waals surface area contributed by atoms with E-state index in [1.54, 1.807) is 25.1 Å². The molecule has 3 heteroatoms. The van der Waals surface area contributed by atoms with Crippen LogP contribution < -0.4 is 9.47 Å². The third kappa shape index (κ3) is 4.62. The van der Waals surface area contributed by atoms with Gasteiger partial charge in [-0.05, 0) is 25.5 Å². The molecule has 18 heavy (non-hydrogen) atoms. The summed E-state index contributed by atoms with van der Waals surface area (Å²) in [6, 6.07) is 7.18. The number of benzene rings is 1. The second-order valence-corrected chi connectivity index (χ2v) is 4.17. The first-order chi connectivity index (χ1) is 8.65. The maximum Gasteiger partial charge on any atom is 0.338 e. The molecule has 1 aromatic rings. The van der Waals surface area contributed by atoms with Crippen molar-refractivity contribution in [3.8, 4) is 11.5 Å². The van der Waals surface area contributed by atoms with E-state index < -0.39 is 5.97 Å². The molecule has 3 nitrogen and oxygen atoms in total. The van der Waals surface area contributed by atoms with Crippen LogP contribution in [0.4, 0.5) is 0 Å². The van der Waals surface area contributed by atoms with Crippen LogP contribution in [0.3, 0.4) is 0 Å². The number of carbonyl (C=O) groups excluding carboxylic acids is 1. The van der Waals surface area contributed by atoms with Crippen molar-refractivity contribution in [1.82, 2.24) is 0 Å². The van der Waals surface area contributed by atoms with Crippen LogP contribution in [0.5, 0.6) is 11.5 Å². The smallest absolute Gasteiger partial charge is 0.338 e. The average Bonchev–Trinajstić information content (AvgIpc) is 2.36. The van der Waals surface area contributed by atoms with Crippen molar-refractivity contribution >= 4 is 5.97 Å². The van der Waals surface area contributed by atoms with Crippen molar-refractivity contribution in [3.63, 3.8) is 0 Å². The maximum absolute atomic E-state index is 11.5. The number of unbranched alkanes of at least 4 members (excludes halogenated alkanes) is 2. The highest BCUT2D eigenvalue weighted by Crippen LogP contribution is 2.27. The Bertz CT molecular complexity index is 410. The predicted octanol–water partition coefficient (Wildman–Crippen LogP) is 3.74. The first kappa shape index (κ1) is 14.3. The zero-order valence-electron chi connectivity index (χ0n) is 11.1. The van der Waals surface area contributed by atoms with Crippen LogP contribution in [0.25, 0.3) is 0 Å². The molecule has 98 valence electrons. The monoisotopic (exact) mass is 248 g/mol. The summed E-state index contributed by atoms with van der Waals surface area (Å²) in [5.41, 5.74) is 0.371. The van der Waals surface area contributed by atoms with Gasteiger partial charge >= 0.3 is 5.97 Å². The quantitative estimate of drug-likeness (QED) is 0.319. The summed E-state index contributed by atoms with van der Waals surface area (Å²) in [7, 11) is 0. The Hall–Kier alpha value is -1.77. The normalized spacial score (nSPS) is 9.89. The zero-order valence-corrected chi connectivity index (χ0v) is 11.1. The first-order valence-corrected chi connectivity index (χ1v) is 6.24. The third-order valence-electron chi connectivity index (χ3n) is 2.41. The molecule has 0 fully saturated rings. The van der Waals surface area contributed by atoms with Crippen LogP contribution in [-0.2, 0) is 4.79 Å². The van der Waals surface area contributed by atoms with E-state index in [0.29, 0.717) is 23.7 Å². The average molecular weight is 248 g/mol. The minimum absolute atomic E-state index is 0.371. The lowest BCUT2D eigenvalue weighted by Gasteiger charge is -2.11. The molecule has 0 atom stereocenters. The summed E-state index contributed by atoms with van der Waals surface area (Å²) in [4.78, 5) is 11.5. The van der Waals surface area contributed by atoms with Crippen LogP contribution >= 0.6 is 0 Å². The zero-order chi connectivity index (χ0) is 13.4. The fraction of sp³-hybridized carbons (Fsp3) is 0.400. The molecule has 1 rings (SSSR count). The van der Waals surface area contributed by atoms with Gasteiger partial charge in [0.25, 0.3) is 0 Å². The van der Waals surface area contributed by atoms with Crippen LogP contribution in [0.1, 0.15) is 33.1 Å². The molecular formula is C15H20O3. The van der Waals surface area contributed by atoms with E-state index in [9.17, 15) is 4.79 Å². The lowest BCUT2D eigenvalue weighted by Crippen LogP contribution is -2.09. The molecule has 0 bridgehead atoms. The van der Waals surface area contributed by atoms with E-state index in [2.05, 4.69) is 13.5 Å². The summed E-state index contributed by atoms with van der Waals surface area (Å²) >= 11 is 0. The summed E-state index contributed by atoms with van der Waals surface area (Å²) in [6.07, 6.45) is 3.28. The Kier molecular flexibility index (Phi) is 5.98. The van der Waals surface area contributed by atoms with E-state index in [0.717, 1.165) is 19.3 Å². The van der Waals surface area contributed by atoms with Crippen LogP contribution in [0.15, 0.2) is 36.4 Å². The predicted molar refractivity (Wildman–Crippen MR) is 71.9 cm³/mol. The molecular weight excluding hydrogens is 228 g/mol. The molecule has 0 N–H and O–H groups in total. The van der Waals surface area contributed by atoms with Crippen LogP contribution in [-0.4, -0.2) is 12.6 Å². The maximum atomic E-state index is 11.5. The molecule has 0 aliphatic carbocycles. The summed E-state index contributed by atoms with van der Waals surface area (Å²) in [5.74, 6) is 0.616. The van der Waals surface area contributed by atoms with Gasteiger partial charge in [-0.3, -0.25) is 0 Å². The number of para-hydroxylation sites is 2. The van der Waals surface area contributed by atoms with E-state index in [1.165, 1.54) is 0 Å². The second-order valence-electron chi connectivity index (χ2n) is 4.17. The minimum atomic E-state index is -0.431. The Labute approximate surface area is 108 Å². The van der Waals surface area contributed by atoms with Crippen molar-refractivity contribution in [2.45, 2.75) is 33.1 Å². The Balaban J connectivity index is 2.61. The van der Waals surface area contributed by atoms with E-state index in [1.807, 2.05) is 6.07 Å². The van der Waals surface area contributed by atoms with Crippen molar-refractivity contribution < 1.29 is 14.3 Å². The van der Waals surface area contributed by atoms with Gasteiger partial charge in [0.05, 0.1) is 6.61 Å². The molecule has 0 aliphatic rings. The van der Waals surface area contributed by atoms with Crippen molar-refractivity contribution in [3.05, 3.63) is 36.4 Å². The van der Waals surface area contributed by atoms with Gasteiger partial charge < -0.3 is 9.47 Å². The Morgan fingerprint density at radius 2 is 1.89 bits per heavy atom. The number of ether oxygens (including phenoxy) is 2. The number of hydrogen-bond acceptors (Lipinski definition) is 3. The number of esters is 1. The van der Waals surface area contributed by atoms with Gasteiger partial charge in [0.1, 0.15) is 0 Å². The molecule has 0 spiro atoms. The van der Waals surface area contributed by atoms with Gasteiger partial charge in [0, 0.05) is 5.57 Å². The Morgan fingerprint density at radius 3 is 2.50 bits per heavy atom. The highest BCUT2D eigenvalue weighted by Gasteiger charge is 2.10. The fourth-order valence-electron chi connectivity index (χ4n) is 1.37. The first-order valence-electron chi connectivity index (χ1n) is 6.24. The molecule has 1 aromatic carbocycles. The molecule has 0 aromatic heterocycles. The van der Waals surface area contributed by atoms with Crippen LogP contribution in [0.2, 0.25) is 0 Å². The SMILES string of the molecule is C=C(C)C(=O)Oc1ccccc1OCCCCC. The highest BCUT2D eigenvalue weighted by atomic mass is 16.6. The number of hydrogen-bond donors (Lipinski definition) is 0. The highest BCUT2D eigenvalue weighted by molar-refractivity contribution is 5.89. The lowest BCUT2D eigenvalue weighted by atomic mass is 10.2. The minimum Gasteiger partial charge on any atom is -0.490 e. The second kappa shape index (κ2) is 7.54. The largest absolute Gasteiger partial charge is 0.490 e. The van der Waals surface area contributed by atoms with Crippen molar-refractivity contribution in [2.75, 3.05) is 6.61 Å². The fourth-order valence-corrected chi connectivity index (χ4v) is 1.37. The van der Waals surface area contributed by atoms with Gasteiger partial charge in [0.15, 0.2) is 11.5 Å². The van der Waals surface area contributed by atoms with Gasteiger partial charge in [-0.2, -0.15) is 0 Å². The standard InChI is InChI=1S/C15H20O3/c1-4-5-8-11-17-13-9-6-7-10-14(13)18-15(16)12(2)3/h6-7,9-10H,2,4-5,8,11H2,1,3H3. The van der Waals surface area contributed by atoms with Crippen molar-refractivity contribution in [1.29, 1.82) is 0 Å². The Morgan fingerprint density at radius 1 is 1.22 bits per heavy atom. The number of carbonyl (C=O) groups is 1. The van der Waals surface area contributed by atoms with Crippen molar-refractivity contribution in [2.24, 2.45) is 0 Å². The molecule has 0 radical (unpaired) electrons. The van der Waals surface area contributed by atoms with E-state index in [4.69, 9.17) is 9.47 Å². The summed E-state index contributed by atoms with van der Waals surface area (Å²) in [5, 5.41) is 0.